The minimum absolute atomic E-state index is 0. The Kier molecular flexibility index (Phi) is 4.40. The Hall–Kier alpha value is -0.320. The molecular weight excluding hydrogens is 166 g/mol. The Balaban J connectivity index is 0.000001000. The van der Waals surface area contributed by atoms with E-state index in [0.29, 0.717) is 6.54 Å². The van der Waals surface area contributed by atoms with Gasteiger partial charge in [-0.3, -0.25) is 4.79 Å². The highest BCUT2D eigenvalue weighted by Crippen LogP contribution is 2.05. The molecule has 0 aliphatic carbocycles. The van der Waals surface area contributed by atoms with Crippen LogP contribution >= 0.6 is 12.4 Å². The largest absolute Gasteiger partial charge is 0.340 e. The second-order valence-corrected chi connectivity index (χ2v) is 2.59. The first kappa shape index (κ1) is 10.7. The molecule has 4 nitrogen and oxygen atoms in total. The van der Waals surface area contributed by atoms with E-state index < -0.39 is 0 Å². The van der Waals surface area contributed by atoms with E-state index in [2.05, 4.69) is 0 Å². The van der Waals surface area contributed by atoms with Gasteiger partial charge in [0.25, 0.3) is 0 Å². The van der Waals surface area contributed by atoms with Crippen molar-refractivity contribution in [1.29, 1.82) is 0 Å². The molecule has 0 spiro atoms. The van der Waals surface area contributed by atoms with Crippen molar-refractivity contribution >= 4 is 18.3 Å². The van der Waals surface area contributed by atoms with Crippen molar-refractivity contribution in [2.75, 3.05) is 19.6 Å². The predicted molar refractivity (Wildman–Crippen MR) is 45.5 cm³/mol. The molecule has 1 aliphatic rings. The molecule has 66 valence electrons. The van der Waals surface area contributed by atoms with Gasteiger partial charge in [-0.1, -0.05) is 0 Å². The van der Waals surface area contributed by atoms with E-state index in [1.807, 2.05) is 0 Å². The fraction of sp³-hybridized carbons (Fsp3) is 0.833. The Morgan fingerprint density at radius 2 is 2.27 bits per heavy atom. The van der Waals surface area contributed by atoms with Gasteiger partial charge < -0.3 is 16.4 Å². The molecule has 5 heteroatoms. The summed E-state index contributed by atoms with van der Waals surface area (Å²) in [6.45, 7) is 1.56. The van der Waals surface area contributed by atoms with E-state index in [1.165, 1.54) is 0 Å². The summed E-state index contributed by atoms with van der Waals surface area (Å²) in [6.07, 6.45) is 0.908. The fourth-order valence-electron chi connectivity index (χ4n) is 1.14. The second-order valence-electron chi connectivity index (χ2n) is 2.59. The van der Waals surface area contributed by atoms with Gasteiger partial charge in [-0.2, -0.15) is 0 Å². The zero-order valence-electron chi connectivity index (χ0n) is 6.32. The topological polar surface area (TPSA) is 72.4 Å². The first-order valence-corrected chi connectivity index (χ1v) is 3.47. The molecule has 0 radical (unpaired) electrons. The van der Waals surface area contributed by atoms with Gasteiger partial charge in [0.1, 0.15) is 0 Å². The number of halogens is 1. The van der Waals surface area contributed by atoms with Crippen LogP contribution in [0.1, 0.15) is 6.42 Å². The summed E-state index contributed by atoms with van der Waals surface area (Å²) in [7, 11) is 0. The molecule has 1 rings (SSSR count). The Bertz CT molecular complexity index is 142. The van der Waals surface area contributed by atoms with E-state index in [1.54, 1.807) is 4.90 Å². The van der Waals surface area contributed by atoms with Crippen LogP contribution in [0.25, 0.3) is 0 Å². The molecular formula is C6H14ClN3O. The van der Waals surface area contributed by atoms with Crippen LogP contribution in [-0.4, -0.2) is 36.5 Å². The molecule has 1 atom stereocenters. The highest BCUT2D eigenvalue weighted by Gasteiger charge is 2.21. The van der Waals surface area contributed by atoms with Crippen molar-refractivity contribution in [2.45, 2.75) is 12.5 Å². The van der Waals surface area contributed by atoms with E-state index in [9.17, 15) is 4.79 Å². The standard InChI is InChI=1S/C6H13N3O.ClH/c7-3-6(10)9-2-1-5(8)4-9;/h5H,1-4,7-8H2;1H/t5-;/m0./s1. The van der Waals surface area contributed by atoms with Crippen LogP contribution in [0.5, 0.6) is 0 Å². The molecule has 4 N–H and O–H groups in total. The quantitative estimate of drug-likeness (QED) is 0.538. The van der Waals surface area contributed by atoms with Gasteiger partial charge in [0, 0.05) is 19.1 Å². The van der Waals surface area contributed by atoms with Gasteiger partial charge in [-0.25, -0.2) is 0 Å². The number of carbonyl (C=O) groups is 1. The number of nitrogens with two attached hydrogens (primary N) is 2. The lowest BCUT2D eigenvalue weighted by Crippen LogP contribution is -2.36. The van der Waals surface area contributed by atoms with Crippen molar-refractivity contribution in [1.82, 2.24) is 4.90 Å². The van der Waals surface area contributed by atoms with Crippen molar-refractivity contribution in [2.24, 2.45) is 11.5 Å². The number of hydrogen-bond donors (Lipinski definition) is 2. The van der Waals surface area contributed by atoms with Crippen molar-refractivity contribution in [3.8, 4) is 0 Å². The van der Waals surface area contributed by atoms with Gasteiger partial charge in [0.15, 0.2) is 0 Å². The Morgan fingerprint density at radius 3 is 2.64 bits per heavy atom. The van der Waals surface area contributed by atoms with Crippen LogP contribution in [-0.2, 0) is 4.79 Å². The highest BCUT2D eigenvalue weighted by molar-refractivity contribution is 5.85. The van der Waals surface area contributed by atoms with Crippen LogP contribution in [0.3, 0.4) is 0 Å². The minimum atomic E-state index is 0. The Labute approximate surface area is 72.3 Å². The van der Waals surface area contributed by atoms with Gasteiger partial charge in [0.2, 0.25) is 5.91 Å². The summed E-state index contributed by atoms with van der Waals surface area (Å²) in [6, 6.07) is 0.162. The van der Waals surface area contributed by atoms with E-state index >= 15 is 0 Å². The van der Waals surface area contributed by atoms with Crippen LogP contribution in [0.2, 0.25) is 0 Å². The molecule has 0 aromatic carbocycles. The summed E-state index contributed by atoms with van der Waals surface area (Å²) < 4.78 is 0. The minimum Gasteiger partial charge on any atom is -0.340 e. The molecule has 0 bridgehead atoms. The fourth-order valence-corrected chi connectivity index (χ4v) is 1.14. The van der Waals surface area contributed by atoms with E-state index in [0.717, 1.165) is 13.0 Å². The SMILES string of the molecule is Cl.NCC(=O)N1CC[C@H](N)C1. The van der Waals surface area contributed by atoms with Crippen molar-refractivity contribution in [3.63, 3.8) is 0 Å². The van der Waals surface area contributed by atoms with Crippen LogP contribution < -0.4 is 11.5 Å². The molecule has 0 unspecified atom stereocenters. The smallest absolute Gasteiger partial charge is 0.236 e. The van der Waals surface area contributed by atoms with Gasteiger partial charge >= 0.3 is 0 Å². The van der Waals surface area contributed by atoms with Crippen LogP contribution in [0.15, 0.2) is 0 Å². The first-order valence-electron chi connectivity index (χ1n) is 3.47. The van der Waals surface area contributed by atoms with Gasteiger partial charge in [0.05, 0.1) is 6.54 Å². The molecule has 1 saturated heterocycles. The summed E-state index contributed by atoms with van der Waals surface area (Å²) in [4.78, 5) is 12.6. The summed E-state index contributed by atoms with van der Waals surface area (Å²) in [5.74, 6) is 0.00736. The molecule has 1 aliphatic heterocycles. The molecule has 0 aromatic rings. The number of likely N-dealkylation sites (tertiary alicyclic amines) is 1. The monoisotopic (exact) mass is 179 g/mol. The molecule has 1 amide bonds. The third-order valence-electron chi connectivity index (χ3n) is 1.75. The van der Waals surface area contributed by atoms with Crippen LogP contribution in [0.4, 0.5) is 0 Å². The zero-order valence-corrected chi connectivity index (χ0v) is 7.14. The van der Waals surface area contributed by atoms with Crippen molar-refractivity contribution < 1.29 is 4.79 Å². The zero-order chi connectivity index (χ0) is 7.56. The lowest BCUT2D eigenvalue weighted by atomic mass is 10.3. The average Bonchev–Trinajstić information content (AvgIpc) is 2.34. The maximum atomic E-state index is 10.9. The molecule has 0 saturated carbocycles. The number of nitrogens with zero attached hydrogens (tertiary/aromatic N) is 1. The summed E-state index contributed by atoms with van der Waals surface area (Å²) in [5, 5.41) is 0. The normalized spacial score (nSPS) is 23.1. The van der Waals surface area contributed by atoms with Gasteiger partial charge in [-0.15, -0.1) is 12.4 Å². The van der Waals surface area contributed by atoms with Crippen molar-refractivity contribution in [3.05, 3.63) is 0 Å². The molecule has 0 aromatic heterocycles. The third kappa shape index (κ3) is 2.65. The summed E-state index contributed by atoms with van der Waals surface area (Å²) in [5.41, 5.74) is 10.7. The molecule has 11 heavy (non-hydrogen) atoms. The Morgan fingerprint density at radius 1 is 1.64 bits per heavy atom. The molecule has 1 heterocycles. The number of amides is 1. The second kappa shape index (κ2) is 4.54. The lowest BCUT2D eigenvalue weighted by Gasteiger charge is -2.13. The van der Waals surface area contributed by atoms with Gasteiger partial charge in [-0.05, 0) is 6.42 Å². The number of hydrogen-bond acceptors (Lipinski definition) is 3. The lowest BCUT2D eigenvalue weighted by molar-refractivity contribution is -0.128. The third-order valence-corrected chi connectivity index (χ3v) is 1.75. The number of rotatable bonds is 1. The molecule has 1 fully saturated rings. The maximum Gasteiger partial charge on any atom is 0.236 e. The van der Waals surface area contributed by atoms with E-state index in [4.69, 9.17) is 11.5 Å². The summed E-state index contributed by atoms with van der Waals surface area (Å²) >= 11 is 0. The first-order chi connectivity index (χ1) is 4.74. The van der Waals surface area contributed by atoms with E-state index in [-0.39, 0.29) is 30.9 Å². The maximum absolute atomic E-state index is 10.9. The average molecular weight is 180 g/mol. The number of carbonyl (C=O) groups excluding carboxylic acids is 1. The highest BCUT2D eigenvalue weighted by atomic mass is 35.5. The van der Waals surface area contributed by atoms with Crippen LogP contribution in [0, 0.1) is 0 Å². The predicted octanol–water partition coefficient (Wildman–Crippen LogP) is -1.07.